The molecule has 0 aliphatic heterocycles. The molecule has 2 rings (SSSR count). The molecule has 0 fully saturated rings. The molecule has 1 atom stereocenters. The van der Waals surface area contributed by atoms with Gasteiger partial charge in [0.15, 0.2) is 6.10 Å². The standard InChI is InChI=1S/C11H11F3N2OS2/c12-11(13,14)9(17)5-15-4-7-6-19-10(16-7)8-2-1-3-18-8/h1-3,6,9,15,17H,4-5H2/p+1/t9-/m1/s1. The van der Waals surface area contributed by atoms with E-state index in [0.29, 0.717) is 6.54 Å². The van der Waals surface area contributed by atoms with E-state index >= 15 is 0 Å². The molecule has 0 aliphatic rings. The lowest BCUT2D eigenvalue weighted by Gasteiger charge is -2.12. The van der Waals surface area contributed by atoms with E-state index in [4.69, 9.17) is 5.11 Å². The number of thiophene rings is 1. The summed E-state index contributed by atoms with van der Waals surface area (Å²) < 4.78 is 36.2. The molecule has 0 saturated carbocycles. The molecule has 0 radical (unpaired) electrons. The van der Waals surface area contributed by atoms with Crippen molar-refractivity contribution in [2.45, 2.75) is 18.8 Å². The second-order valence-electron chi connectivity index (χ2n) is 3.91. The molecule has 19 heavy (non-hydrogen) atoms. The number of nitrogens with two attached hydrogens (primary N) is 1. The number of hydrogen-bond acceptors (Lipinski definition) is 4. The molecule has 2 aromatic heterocycles. The maximum atomic E-state index is 12.1. The number of halogens is 3. The summed E-state index contributed by atoms with van der Waals surface area (Å²) in [4.78, 5) is 5.39. The van der Waals surface area contributed by atoms with E-state index in [9.17, 15) is 13.2 Å². The molecule has 104 valence electrons. The highest BCUT2D eigenvalue weighted by Gasteiger charge is 2.39. The van der Waals surface area contributed by atoms with E-state index in [2.05, 4.69) is 4.98 Å². The van der Waals surface area contributed by atoms with Crippen LogP contribution in [0.2, 0.25) is 0 Å². The number of thiazole rings is 1. The quantitative estimate of drug-likeness (QED) is 0.886. The van der Waals surface area contributed by atoms with E-state index in [1.807, 2.05) is 22.9 Å². The highest BCUT2D eigenvalue weighted by atomic mass is 32.1. The largest absolute Gasteiger partial charge is 0.419 e. The lowest BCUT2D eigenvalue weighted by molar-refractivity contribution is -0.680. The van der Waals surface area contributed by atoms with Gasteiger partial charge < -0.3 is 10.4 Å². The molecule has 0 aromatic carbocycles. The van der Waals surface area contributed by atoms with E-state index in [1.165, 1.54) is 16.7 Å². The molecule has 0 bridgehead atoms. The zero-order chi connectivity index (χ0) is 13.9. The van der Waals surface area contributed by atoms with Gasteiger partial charge in [0, 0.05) is 5.38 Å². The van der Waals surface area contributed by atoms with Crippen molar-refractivity contribution >= 4 is 22.7 Å². The lowest BCUT2D eigenvalue weighted by atomic mass is 10.3. The Hall–Kier alpha value is -0.960. The van der Waals surface area contributed by atoms with Crippen LogP contribution in [0, 0.1) is 0 Å². The summed E-state index contributed by atoms with van der Waals surface area (Å²) in [6.45, 7) is -0.0790. The number of aromatic nitrogens is 1. The third-order valence-corrected chi connectivity index (χ3v) is 4.34. The first kappa shape index (κ1) is 14.4. The molecule has 3 N–H and O–H groups in total. The van der Waals surface area contributed by atoms with Crippen molar-refractivity contribution < 1.29 is 23.6 Å². The van der Waals surface area contributed by atoms with E-state index < -0.39 is 18.8 Å². The van der Waals surface area contributed by atoms with E-state index in [0.717, 1.165) is 15.6 Å². The van der Waals surface area contributed by atoms with Crippen molar-refractivity contribution in [3.8, 4) is 9.88 Å². The summed E-state index contributed by atoms with van der Waals surface area (Å²) >= 11 is 3.04. The second kappa shape index (κ2) is 6.00. The summed E-state index contributed by atoms with van der Waals surface area (Å²) in [6, 6.07) is 3.87. The van der Waals surface area contributed by atoms with Gasteiger partial charge in [0.25, 0.3) is 0 Å². The van der Waals surface area contributed by atoms with Gasteiger partial charge in [-0.05, 0) is 11.4 Å². The molecule has 0 unspecified atom stereocenters. The fraction of sp³-hybridized carbons (Fsp3) is 0.364. The number of quaternary nitrogens is 1. The average Bonchev–Trinajstić information content (AvgIpc) is 2.97. The van der Waals surface area contributed by atoms with Crippen LogP contribution in [0.1, 0.15) is 5.69 Å². The fourth-order valence-corrected chi connectivity index (χ4v) is 3.08. The molecular formula is C11H12F3N2OS2+. The van der Waals surface area contributed by atoms with Gasteiger partial charge in [-0.3, -0.25) is 0 Å². The number of aliphatic hydroxyl groups is 1. The average molecular weight is 309 g/mol. The molecule has 8 heteroatoms. The van der Waals surface area contributed by atoms with Crippen LogP contribution in [0.15, 0.2) is 22.9 Å². The van der Waals surface area contributed by atoms with Gasteiger partial charge in [-0.2, -0.15) is 13.2 Å². The smallest absolute Gasteiger partial charge is 0.379 e. The minimum Gasteiger partial charge on any atom is -0.379 e. The Kier molecular flexibility index (Phi) is 4.56. The van der Waals surface area contributed by atoms with Gasteiger partial charge in [0.2, 0.25) is 0 Å². The van der Waals surface area contributed by atoms with Gasteiger partial charge in [-0.25, -0.2) is 4.98 Å². The Morgan fingerprint density at radius 2 is 2.16 bits per heavy atom. The Morgan fingerprint density at radius 3 is 2.79 bits per heavy atom. The second-order valence-corrected chi connectivity index (χ2v) is 5.71. The SMILES string of the molecule is O[C@H](C[NH2+]Cc1csc(-c2cccs2)n1)C(F)(F)F. The molecule has 2 heterocycles. The summed E-state index contributed by atoms with van der Waals surface area (Å²) in [7, 11) is 0. The van der Waals surface area contributed by atoms with Crippen LogP contribution in [-0.2, 0) is 6.54 Å². The zero-order valence-corrected chi connectivity index (χ0v) is 11.4. The highest BCUT2D eigenvalue weighted by Crippen LogP contribution is 2.27. The van der Waals surface area contributed by atoms with Crippen LogP contribution < -0.4 is 5.32 Å². The minimum absolute atomic E-state index is 0.328. The highest BCUT2D eigenvalue weighted by molar-refractivity contribution is 7.20. The first-order valence-electron chi connectivity index (χ1n) is 5.51. The first-order valence-corrected chi connectivity index (χ1v) is 7.27. The molecule has 2 aromatic rings. The van der Waals surface area contributed by atoms with Crippen molar-refractivity contribution in [3.05, 3.63) is 28.6 Å². The van der Waals surface area contributed by atoms with Crippen LogP contribution in [-0.4, -0.2) is 28.9 Å². The first-order chi connectivity index (χ1) is 8.97. The summed E-state index contributed by atoms with van der Waals surface area (Å²) in [5.41, 5.74) is 0.725. The number of alkyl halides is 3. The Labute approximate surface area is 115 Å². The normalized spacial score (nSPS) is 13.7. The topological polar surface area (TPSA) is 49.7 Å². The van der Waals surface area contributed by atoms with Crippen molar-refractivity contribution in [2.75, 3.05) is 6.54 Å². The number of hydrogen-bond donors (Lipinski definition) is 2. The molecular weight excluding hydrogens is 297 g/mol. The van der Waals surface area contributed by atoms with Crippen LogP contribution in [0.3, 0.4) is 0 Å². The number of rotatable bonds is 5. The molecule has 0 amide bonds. The van der Waals surface area contributed by atoms with Crippen molar-refractivity contribution in [3.63, 3.8) is 0 Å². The van der Waals surface area contributed by atoms with Gasteiger partial charge in [0.05, 0.1) is 4.88 Å². The van der Waals surface area contributed by atoms with Crippen LogP contribution in [0.5, 0.6) is 0 Å². The van der Waals surface area contributed by atoms with Gasteiger partial charge in [-0.15, -0.1) is 22.7 Å². The van der Waals surface area contributed by atoms with Crippen LogP contribution in [0.4, 0.5) is 13.2 Å². The monoisotopic (exact) mass is 309 g/mol. The molecule has 0 saturated heterocycles. The van der Waals surface area contributed by atoms with Crippen LogP contribution in [0.25, 0.3) is 9.88 Å². The Bertz CT molecular complexity index is 510. The third-order valence-electron chi connectivity index (χ3n) is 2.40. The molecule has 0 aliphatic carbocycles. The minimum atomic E-state index is -4.55. The predicted octanol–water partition coefficient (Wildman–Crippen LogP) is 1.86. The van der Waals surface area contributed by atoms with Gasteiger partial charge in [0.1, 0.15) is 23.8 Å². The number of aliphatic hydroxyl groups excluding tert-OH is 1. The van der Waals surface area contributed by atoms with Crippen molar-refractivity contribution in [2.24, 2.45) is 0 Å². The molecule has 3 nitrogen and oxygen atoms in total. The maximum absolute atomic E-state index is 12.1. The van der Waals surface area contributed by atoms with Crippen molar-refractivity contribution in [1.82, 2.24) is 4.98 Å². The summed E-state index contributed by atoms with van der Waals surface area (Å²) in [5.74, 6) is 0. The van der Waals surface area contributed by atoms with Crippen molar-refractivity contribution in [1.29, 1.82) is 0 Å². The summed E-state index contributed by atoms with van der Waals surface area (Å²) in [6.07, 6.45) is -6.84. The van der Waals surface area contributed by atoms with Crippen LogP contribution >= 0.6 is 22.7 Å². The fourth-order valence-electron chi connectivity index (χ4n) is 1.44. The lowest BCUT2D eigenvalue weighted by Crippen LogP contribution is -2.85. The molecule has 0 spiro atoms. The van der Waals surface area contributed by atoms with Gasteiger partial charge in [-0.1, -0.05) is 6.07 Å². The Balaban J connectivity index is 1.85. The van der Waals surface area contributed by atoms with Gasteiger partial charge >= 0.3 is 6.18 Å². The maximum Gasteiger partial charge on any atom is 0.419 e. The summed E-state index contributed by atoms with van der Waals surface area (Å²) in [5, 5.41) is 14.9. The Morgan fingerprint density at radius 1 is 1.37 bits per heavy atom. The van der Waals surface area contributed by atoms with E-state index in [-0.39, 0.29) is 0 Å². The van der Waals surface area contributed by atoms with E-state index in [1.54, 1.807) is 11.3 Å². The zero-order valence-electron chi connectivity index (χ0n) is 9.72. The number of nitrogens with zero attached hydrogens (tertiary/aromatic N) is 1. The predicted molar refractivity (Wildman–Crippen MR) is 68.0 cm³/mol. The third kappa shape index (κ3) is 4.00.